The summed E-state index contributed by atoms with van der Waals surface area (Å²) in [6.45, 7) is 9.86. The van der Waals surface area contributed by atoms with Gasteiger partial charge in [0.1, 0.15) is 0 Å². The van der Waals surface area contributed by atoms with E-state index in [9.17, 15) is 0 Å². The molecule has 0 saturated heterocycles. The van der Waals surface area contributed by atoms with Crippen molar-refractivity contribution in [2.75, 3.05) is 0 Å². The Balaban J connectivity index is 2.42. The molecule has 16 heavy (non-hydrogen) atoms. The first-order chi connectivity index (χ1) is 7.61. The first kappa shape index (κ1) is 14.1. The summed E-state index contributed by atoms with van der Waals surface area (Å²) in [6, 6.07) is 0. The van der Waals surface area contributed by atoms with Gasteiger partial charge in [0.25, 0.3) is 0 Å². The minimum absolute atomic E-state index is 0.928. The van der Waals surface area contributed by atoms with Crippen molar-refractivity contribution in [1.82, 2.24) is 0 Å². The summed E-state index contributed by atoms with van der Waals surface area (Å²) in [5.41, 5.74) is 0. The number of hydrogen-bond donors (Lipinski definition) is 0. The van der Waals surface area contributed by atoms with Gasteiger partial charge in [0.15, 0.2) is 0 Å². The van der Waals surface area contributed by atoms with Crippen LogP contribution in [0.25, 0.3) is 0 Å². The van der Waals surface area contributed by atoms with Crippen molar-refractivity contribution in [3.8, 4) is 0 Å². The quantitative estimate of drug-likeness (QED) is 0.497. The SMILES string of the molecule is CC1CCCCC(C)C(C)C(C)CCCC1. The van der Waals surface area contributed by atoms with Crippen LogP contribution >= 0.6 is 0 Å². The van der Waals surface area contributed by atoms with Crippen molar-refractivity contribution in [3.05, 3.63) is 0 Å². The molecule has 0 radical (unpaired) electrons. The lowest BCUT2D eigenvalue weighted by atomic mass is 9.79. The smallest absolute Gasteiger partial charge is 0.0391 e. The van der Waals surface area contributed by atoms with E-state index in [-0.39, 0.29) is 0 Å². The average molecular weight is 224 g/mol. The Bertz CT molecular complexity index is 155. The topological polar surface area (TPSA) is 0 Å². The second kappa shape index (κ2) is 7.35. The van der Waals surface area contributed by atoms with Crippen molar-refractivity contribution in [2.45, 2.75) is 79.1 Å². The van der Waals surface area contributed by atoms with Gasteiger partial charge in [0, 0.05) is 0 Å². The van der Waals surface area contributed by atoms with E-state index >= 15 is 0 Å². The molecule has 0 spiro atoms. The Kier molecular flexibility index (Phi) is 6.46. The van der Waals surface area contributed by atoms with Crippen molar-refractivity contribution in [1.29, 1.82) is 0 Å². The molecule has 0 aromatic rings. The van der Waals surface area contributed by atoms with Crippen LogP contribution in [0.1, 0.15) is 79.1 Å². The van der Waals surface area contributed by atoms with Crippen LogP contribution < -0.4 is 0 Å². The first-order valence-electron chi connectivity index (χ1n) is 7.61. The normalized spacial score (nSPS) is 39.8. The monoisotopic (exact) mass is 224 g/mol. The summed E-state index contributed by atoms with van der Waals surface area (Å²) >= 11 is 0. The second-order valence-corrected chi connectivity index (χ2v) is 6.49. The van der Waals surface area contributed by atoms with Crippen LogP contribution in [0.2, 0.25) is 0 Å². The lowest BCUT2D eigenvalue weighted by Crippen LogP contribution is -2.17. The Labute approximate surface area is 103 Å². The molecule has 1 saturated carbocycles. The lowest BCUT2D eigenvalue weighted by molar-refractivity contribution is 0.237. The molecule has 1 fully saturated rings. The van der Waals surface area contributed by atoms with E-state index in [4.69, 9.17) is 0 Å². The van der Waals surface area contributed by atoms with Gasteiger partial charge in [-0.25, -0.2) is 0 Å². The summed E-state index contributed by atoms with van der Waals surface area (Å²) in [5.74, 6) is 3.77. The van der Waals surface area contributed by atoms with Gasteiger partial charge in [-0.05, 0) is 23.7 Å². The molecule has 0 bridgehead atoms. The van der Waals surface area contributed by atoms with Gasteiger partial charge in [0.05, 0.1) is 0 Å². The molecule has 1 aliphatic carbocycles. The highest BCUT2D eigenvalue weighted by molar-refractivity contribution is 4.70. The zero-order valence-corrected chi connectivity index (χ0v) is 12.0. The predicted octanol–water partition coefficient (Wildman–Crippen LogP) is 5.67. The first-order valence-corrected chi connectivity index (χ1v) is 7.61. The van der Waals surface area contributed by atoms with Gasteiger partial charge in [-0.3, -0.25) is 0 Å². The molecule has 2 atom stereocenters. The van der Waals surface area contributed by atoms with Crippen LogP contribution in [0, 0.1) is 23.7 Å². The van der Waals surface area contributed by atoms with E-state index < -0.39 is 0 Å². The van der Waals surface area contributed by atoms with Crippen molar-refractivity contribution < 1.29 is 0 Å². The van der Waals surface area contributed by atoms with Crippen LogP contribution in [-0.2, 0) is 0 Å². The van der Waals surface area contributed by atoms with E-state index in [0.717, 1.165) is 23.7 Å². The molecule has 1 aliphatic rings. The highest BCUT2D eigenvalue weighted by Gasteiger charge is 2.19. The molecule has 0 nitrogen and oxygen atoms in total. The summed E-state index contributed by atoms with van der Waals surface area (Å²) < 4.78 is 0. The van der Waals surface area contributed by atoms with Gasteiger partial charge in [-0.2, -0.15) is 0 Å². The maximum absolute atomic E-state index is 2.48. The predicted molar refractivity (Wildman–Crippen MR) is 73.6 cm³/mol. The van der Waals surface area contributed by atoms with E-state index in [0.29, 0.717) is 0 Å². The summed E-state index contributed by atoms with van der Waals surface area (Å²) in [7, 11) is 0. The maximum Gasteiger partial charge on any atom is -0.0391 e. The van der Waals surface area contributed by atoms with Gasteiger partial charge in [-0.1, -0.05) is 79.1 Å². The van der Waals surface area contributed by atoms with Crippen LogP contribution in [0.5, 0.6) is 0 Å². The van der Waals surface area contributed by atoms with Crippen molar-refractivity contribution >= 4 is 0 Å². The molecule has 1 rings (SSSR count). The third kappa shape index (κ3) is 4.89. The van der Waals surface area contributed by atoms with Crippen molar-refractivity contribution in [3.63, 3.8) is 0 Å². The maximum atomic E-state index is 2.48. The zero-order chi connectivity index (χ0) is 12.0. The van der Waals surface area contributed by atoms with E-state index in [1.54, 1.807) is 0 Å². The Hall–Kier alpha value is 0. The molecule has 0 heterocycles. The van der Waals surface area contributed by atoms with Gasteiger partial charge >= 0.3 is 0 Å². The molecular formula is C16H32. The Morgan fingerprint density at radius 3 is 1.38 bits per heavy atom. The molecule has 96 valence electrons. The fourth-order valence-electron chi connectivity index (χ4n) is 3.15. The fraction of sp³-hybridized carbons (Fsp3) is 1.00. The third-order valence-electron chi connectivity index (χ3n) is 5.01. The average Bonchev–Trinajstić information content (AvgIpc) is 2.27. The van der Waals surface area contributed by atoms with E-state index in [1.807, 2.05) is 0 Å². The van der Waals surface area contributed by atoms with Crippen LogP contribution in [0.15, 0.2) is 0 Å². The molecule has 2 unspecified atom stereocenters. The molecule has 0 aliphatic heterocycles. The number of hydrogen-bond acceptors (Lipinski definition) is 0. The standard InChI is InChI=1S/C16H32/c1-13-9-5-7-11-14(2)16(4)15(3)12-8-6-10-13/h13-16H,5-12H2,1-4H3. The molecule has 0 amide bonds. The molecule has 0 N–H and O–H groups in total. The Morgan fingerprint density at radius 1 is 0.562 bits per heavy atom. The molecule has 0 aromatic carbocycles. The minimum atomic E-state index is 0.928. The fourth-order valence-corrected chi connectivity index (χ4v) is 3.15. The van der Waals surface area contributed by atoms with Gasteiger partial charge in [-0.15, -0.1) is 0 Å². The largest absolute Gasteiger partial charge is 0.0625 e. The van der Waals surface area contributed by atoms with Gasteiger partial charge < -0.3 is 0 Å². The minimum Gasteiger partial charge on any atom is -0.0625 e. The molecule has 0 aromatic heterocycles. The highest BCUT2D eigenvalue weighted by atomic mass is 14.2. The summed E-state index contributed by atoms with van der Waals surface area (Å²) in [5, 5.41) is 0. The van der Waals surface area contributed by atoms with Crippen LogP contribution in [0.4, 0.5) is 0 Å². The summed E-state index contributed by atoms with van der Waals surface area (Å²) in [4.78, 5) is 0. The number of rotatable bonds is 0. The third-order valence-corrected chi connectivity index (χ3v) is 5.01. The zero-order valence-electron chi connectivity index (χ0n) is 12.0. The van der Waals surface area contributed by atoms with Crippen molar-refractivity contribution in [2.24, 2.45) is 23.7 Å². The molecular weight excluding hydrogens is 192 g/mol. The van der Waals surface area contributed by atoms with Gasteiger partial charge in [0.2, 0.25) is 0 Å². The van der Waals surface area contributed by atoms with E-state index in [2.05, 4.69) is 27.7 Å². The highest BCUT2D eigenvalue weighted by Crippen LogP contribution is 2.30. The van der Waals surface area contributed by atoms with E-state index in [1.165, 1.54) is 51.4 Å². The Morgan fingerprint density at radius 2 is 0.938 bits per heavy atom. The lowest BCUT2D eigenvalue weighted by Gasteiger charge is -2.27. The molecule has 0 heteroatoms. The summed E-state index contributed by atoms with van der Waals surface area (Å²) in [6.07, 6.45) is 11.7. The van der Waals surface area contributed by atoms with Crippen LogP contribution in [-0.4, -0.2) is 0 Å². The second-order valence-electron chi connectivity index (χ2n) is 6.49. The van der Waals surface area contributed by atoms with Crippen LogP contribution in [0.3, 0.4) is 0 Å².